The lowest BCUT2D eigenvalue weighted by Crippen LogP contribution is -2.23. The fourth-order valence-corrected chi connectivity index (χ4v) is 3.86. The molecular formula is C19H17N3O5S. The van der Waals surface area contributed by atoms with Crippen LogP contribution < -0.4 is 10.1 Å². The van der Waals surface area contributed by atoms with E-state index in [1.54, 1.807) is 18.2 Å². The van der Waals surface area contributed by atoms with E-state index in [1.807, 2.05) is 6.92 Å². The number of amides is 1. The second-order valence-electron chi connectivity index (χ2n) is 6.46. The lowest BCUT2D eigenvalue weighted by molar-refractivity contribution is 0.0931. The van der Waals surface area contributed by atoms with E-state index in [0.717, 1.165) is 5.56 Å². The summed E-state index contributed by atoms with van der Waals surface area (Å²) in [5.41, 5.74) is 2.04. The molecule has 144 valence electrons. The number of rotatable bonds is 3. The van der Waals surface area contributed by atoms with Gasteiger partial charge in [0.1, 0.15) is 11.3 Å². The van der Waals surface area contributed by atoms with Gasteiger partial charge in [-0.05, 0) is 37.3 Å². The molecule has 9 heteroatoms. The van der Waals surface area contributed by atoms with E-state index in [0.29, 0.717) is 28.7 Å². The van der Waals surface area contributed by atoms with Crippen LogP contribution in [-0.2, 0) is 10.0 Å². The molecule has 0 saturated carbocycles. The predicted molar refractivity (Wildman–Crippen MR) is 103 cm³/mol. The number of aryl methyl sites for hydroxylation is 1. The normalized spacial score (nSPS) is 15.9. The number of carbonyl (C=O) groups is 1. The number of phenols is 1. The number of carbonyl (C=O) groups excluding carboxylic acids is 1. The van der Waals surface area contributed by atoms with Gasteiger partial charge in [-0.25, -0.2) is 0 Å². The van der Waals surface area contributed by atoms with E-state index in [4.69, 9.17) is 4.42 Å². The quantitative estimate of drug-likeness (QED) is 0.584. The summed E-state index contributed by atoms with van der Waals surface area (Å²) in [4.78, 5) is 14.6. The molecule has 1 amide bonds. The molecule has 1 aliphatic heterocycles. The van der Waals surface area contributed by atoms with Crippen molar-refractivity contribution < 1.29 is 22.7 Å². The SMILES string of the molecule is Cc1ccc(S(=O)(=O)NN=C2CCNC(=O)c3oc4ccc(O)cc4c32)cc1. The highest BCUT2D eigenvalue weighted by atomic mass is 32.2. The monoisotopic (exact) mass is 399 g/mol. The molecule has 0 unspecified atom stereocenters. The minimum absolute atomic E-state index is 0.000316. The Morgan fingerprint density at radius 3 is 2.68 bits per heavy atom. The minimum atomic E-state index is -3.87. The van der Waals surface area contributed by atoms with Gasteiger partial charge in [-0.3, -0.25) is 4.79 Å². The molecule has 0 spiro atoms. The molecule has 0 bridgehead atoms. The Hall–Kier alpha value is -3.33. The van der Waals surface area contributed by atoms with Gasteiger partial charge in [0.15, 0.2) is 0 Å². The number of aromatic hydroxyl groups is 1. The summed E-state index contributed by atoms with van der Waals surface area (Å²) in [5, 5.41) is 17.1. The van der Waals surface area contributed by atoms with Crippen LogP contribution in [0.15, 0.2) is 56.9 Å². The summed E-state index contributed by atoms with van der Waals surface area (Å²) in [7, 11) is -3.87. The number of hydrazone groups is 1. The number of hydrogen-bond acceptors (Lipinski definition) is 6. The summed E-state index contributed by atoms with van der Waals surface area (Å²) in [6, 6.07) is 10.8. The molecule has 0 fully saturated rings. The van der Waals surface area contributed by atoms with Crippen LogP contribution in [0.4, 0.5) is 0 Å². The van der Waals surface area contributed by atoms with E-state index in [9.17, 15) is 18.3 Å². The van der Waals surface area contributed by atoms with Gasteiger partial charge in [0.05, 0.1) is 16.2 Å². The van der Waals surface area contributed by atoms with E-state index < -0.39 is 15.9 Å². The van der Waals surface area contributed by atoms with Crippen molar-refractivity contribution in [3.63, 3.8) is 0 Å². The molecule has 0 radical (unpaired) electrons. The van der Waals surface area contributed by atoms with Gasteiger partial charge in [0, 0.05) is 18.4 Å². The van der Waals surface area contributed by atoms with Crippen LogP contribution >= 0.6 is 0 Å². The van der Waals surface area contributed by atoms with Crippen LogP contribution in [0.1, 0.15) is 28.1 Å². The molecule has 28 heavy (non-hydrogen) atoms. The Morgan fingerprint density at radius 2 is 1.93 bits per heavy atom. The molecule has 8 nitrogen and oxygen atoms in total. The fraction of sp³-hybridized carbons (Fsp3) is 0.158. The largest absolute Gasteiger partial charge is 0.508 e. The summed E-state index contributed by atoms with van der Waals surface area (Å²) in [5.74, 6) is -0.385. The predicted octanol–water partition coefficient (Wildman–Crippen LogP) is 2.26. The molecule has 1 aromatic heterocycles. The molecule has 1 aliphatic rings. The Balaban J connectivity index is 1.79. The third-order valence-electron chi connectivity index (χ3n) is 4.45. The molecule has 3 aromatic rings. The number of nitrogens with zero attached hydrogens (tertiary/aromatic N) is 1. The van der Waals surface area contributed by atoms with Crippen molar-refractivity contribution in [3.8, 4) is 5.75 Å². The van der Waals surface area contributed by atoms with E-state index in [1.165, 1.54) is 24.3 Å². The first-order valence-electron chi connectivity index (χ1n) is 8.54. The van der Waals surface area contributed by atoms with Crippen LogP contribution in [0.2, 0.25) is 0 Å². The summed E-state index contributed by atoms with van der Waals surface area (Å²) >= 11 is 0. The first-order chi connectivity index (χ1) is 13.3. The number of nitrogens with one attached hydrogen (secondary N) is 2. The van der Waals surface area contributed by atoms with Crippen molar-refractivity contribution >= 4 is 32.6 Å². The van der Waals surface area contributed by atoms with Crippen molar-refractivity contribution in [2.45, 2.75) is 18.2 Å². The second kappa shape index (κ2) is 6.68. The zero-order valence-corrected chi connectivity index (χ0v) is 15.7. The van der Waals surface area contributed by atoms with Gasteiger partial charge in [-0.2, -0.15) is 18.4 Å². The van der Waals surface area contributed by atoms with Gasteiger partial charge < -0.3 is 14.8 Å². The Labute approximate surface area is 160 Å². The van der Waals surface area contributed by atoms with Gasteiger partial charge >= 0.3 is 0 Å². The highest BCUT2D eigenvalue weighted by Crippen LogP contribution is 2.31. The zero-order valence-electron chi connectivity index (χ0n) is 14.9. The number of benzene rings is 2. The summed E-state index contributed by atoms with van der Waals surface area (Å²) in [6.45, 7) is 2.13. The highest BCUT2D eigenvalue weighted by Gasteiger charge is 2.28. The van der Waals surface area contributed by atoms with E-state index in [-0.39, 0.29) is 22.9 Å². The maximum absolute atomic E-state index is 12.5. The lowest BCUT2D eigenvalue weighted by atomic mass is 10.0. The highest BCUT2D eigenvalue weighted by molar-refractivity contribution is 7.89. The maximum atomic E-state index is 12.5. The number of furan rings is 1. The van der Waals surface area contributed by atoms with Crippen molar-refractivity contribution in [2.75, 3.05) is 6.54 Å². The Morgan fingerprint density at radius 1 is 1.18 bits per heavy atom. The van der Waals surface area contributed by atoms with Crippen LogP contribution in [0.5, 0.6) is 5.75 Å². The average molecular weight is 399 g/mol. The molecule has 0 aliphatic carbocycles. The summed E-state index contributed by atoms with van der Waals surface area (Å²) < 4.78 is 30.7. The standard InChI is InChI=1S/C19H17N3O5S/c1-11-2-5-13(6-3-11)28(25,26)22-21-15-8-9-20-19(24)18-17(15)14-10-12(23)4-7-16(14)27-18/h2-7,10,22-23H,8-9H2,1H3,(H,20,24). The zero-order chi connectivity index (χ0) is 19.9. The first kappa shape index (κ1) is 18.1. The molecule has 2 aromatic carbocycles. The van der Waals surface area contributed by atoms with Crippen molar-refractivity contribution in [1.82, 2.24) is 10.1 Å². The van der Waals surface area contributed by atoms with Gasteiger partial charge in [-0.15, -0.1) is 0 Å². The number of phenolic OH excluding ortho intramolecular Hbond substituents is 1. The number of fused-ring (bicyclic) bond motifs is 3. The molecule has 4 rings (SSSR count). The van der Waals surface area contributed by atoms with E-state index in [2.05, 4.69) is 15.2 Å². The first-order valence-corrected chi connectivity index (χ1v) is 10.0. The smallest absolute Gasteiger partial charge is 0.287 e. The third-order valence-corrected chi connectivity index (χ3v) is 5.67. The molecule has 0 saturated heterocycles. The average Bonchev–Trinajstić information content (AvgIpc) is 2.95. The third kappa shape index (κ3) is 3.20. The van der Waals surface area contributed by atoms with Gasteiger partial charge in [-0.1, -0.05) is 17.7 Å². The van der Waals surface area contributed by atoms with Crippen LogP contribution in [0.25, 0.3) is 11.0 Å². The summed E-state index contributed by atoms with van der Waals surface area (Å²) in [6.07, 6.45) is 0.291. The van der Waals surface area contributed by atoms with Gasteiger partial charge in [0.2, 0.25) is 5.76 Å². The molecular weight excluding hydrogens is 382 g/mol. The Kier molecular flexibility index (Phi) is 4.31. The number of hydrogen-bond donors (Lipinski definition) is 3. The number of sulfonamides is 1. The van der Waals surface area contributed by atoms with Crippen molar-refractivity contribution in [3.05, 3.63) is 59.4 Å². The Bertz CT molecular complexity index is 1210. The van der Waals surface area contributed by atoms with E-state index >= 15 is 0 Å². The van der Waals surface area contributed by atoms with Crippen LogP contribution in [0, 0.1) is 6.92 Å². The van der Waals surface area contributed by atoms with Crippen molar-refractivity contribution in [2.24, 2.45) is 5.10 Å². The van der Waals surface area contributed by atoms with Crippen molar-refractivity contribution in [1.29, 1.82) is 0 Å². The topological polar surface area (TPSA) is 121 Å². The van der Waals surface area contributed by atoms with Crippen LogP contribution in [0.3, 0.4) is 0 Å². The lowest BCUT2D eigenvalue weighted by Gasteiger charge is -2.07. The molecule has 3 N–H and O–H groups in total. The van der Waals surface area contributed by atoms with Crippen LogP contribution in [-0.4, -0.2) is 31.7 Å². The van der Waals surface area contributed by atoms with Gasteiger partial charge in [0.25, 0.3) is 15.9 Å². The second-order valence-corrected chi connectivity index (χ2v) is 8.12. The fourth-order valence-electron chi connectivity index (χ4n) is 3.03. The maximum Gasteiger partial charge on any atom is 0.287 e. The minimum Gasteiger partial charge on any atom is -0.508 e. The molecule has 2 heterocycles. The molecule has 0 atom stereocenters.